The van der Waals surface area contributed by atoms with E-state index in [1.54, 1.807) is 0 Å². The number of esters is 1. The largest absolute Gasteiger partial charge is 0.465 e. The molecule has 0 saturated carbocycles. The van der Waals surface area contributed by atoms with Crippen LogP contribution in [-0.4, -0.2) is 37.6 Å². The van der Waals surface area contributed by atoms with Gasteiger partial charge in [0.25, 0.3) is 0 Å². The fourth-order valence-corrected chi connectivity index (χ4v) is 3.11. The van der Waals surface area contributed by atoms with Gasteiger partial charge in [-0.3, -0.25) is 4.79 Å². The lowest BCUT2D eigenvalue weighted by molar-refractivity contribution is -0.152. The Hall–Kier alpha value is -1.61. The first-order valence-electron chi connectivity index (χ1n) is 7.18. The van der Waals surface area contributed by atoms with Crippen molar-refractivity contribution < 1.29 is 9.53 Å². The molecule has 0 N–H and O–H groups in total. The molecule has 0 radical (unpaired) electrons. The number of hydrogen-bond donors (Lipinski definition) is 0. The van der Waals surface area contributed by atoms with Gasteiger partial charge >= 0.3 is 5.97 Å². The van der Waals surface area contributed by atoms with Crippen LogP contribution in [0.1, 0.15) is 25.3 Å². The van der Waals surface area contributed by atoms with Gasteiger partial charge in [0, 0.05) is 6.04 Å². The van der Waals surface area contributed by atoms with E-state index in [1.807, 2.05) is 51.4 Å². The highest BCUT2D eigenvalue weighted by Crippen LogP contribution is 2.40. The number of allylic oxidation sites excluding steroid dienone is 1. The third-order valence-electron chi connectivity index (χ3n) is 4.01. The maximum atomic E-state index is 12.8. The summed E-state index contributed by atoms with van der Waals surface area (Å²) in [4.78, 5) is 14.8. The Balaban J connectivity index is 2.54. The van der Waals surface area contributed by atoms with Crippen molar-refractivity contribution >= 4 is 5.97 Å². The summed E-state index contributed by atoms with van der Waals surface area (Å²) in [7, 11) is 4.02. The van der Waals surface area contributed by atoms with Crippen LogP contribution in [0.4, 0.5) is 0 Å². The number of hydrogen-bond acceptors (Lipinski definition) is 3. The number of benzene rings is 1. The van der Waals surface area contributed by atoms with Crippen molar-refractivity contribution in [1.82, 2.24) is 4.90 Å². The normalized spacial score (nSPS) is 25.7. The Morgan fingerprint density at radius 3 is 2.65 bits per heavy atom. The highest BCUT2D eigenvalue weighted by molar-refractivity contribution is 5.85. The van der Waals surface area contributed by atoms with Crippen LogP contribution in [0, 0.1) is 0 Å². The molecule has 0 bridgehead atoms. The number of carbonyl (C=O) groups excluding carboxylic acids is 1. The van der Waals surface area contributed by atoms with Crippen LogP contribution < -0.4 is 0 Å². The van der Waals surface area contributed by atoms with Crippen LogP contribution in [0.3, 0.4) is 0 Å². The summed E-state index contributed by atoms with van der Waals surface area (Å²) in [5.74, 6) is -0.116. The van der Waals surface area contributed by atoms with E-state index < -0.39 is 5.41 Å². The Bertz CT molecular complexity index is 481. The number of rotatable bonds is 4. The Kier molecular flexibility index (Phi) is 4.61. The summed E-state index contributed by atoms with van der Waals surface area (Å²) in [5.41, 5.74) is 0.441. The van der Waals surface area contributed by atoms with Crippen molar-refractivity contribution in [2.75, 3.05) is 20.7 Å². The fourth-order valence-electron chi connectivity index (χ4n) is 3.11. The smallest absolute Gasteiger partial charge is 0.318 e. The zero-order chi connectivity index (χ0) is 14.6. The summed E-state index contributed by atoms with van der Waals surface area (Å²) < 4.78 is 5.42. The van der Waals surface area contributed by atoms with E-state index in [0.717, 1.165) is 18.4 Å². The minimum atomic E-state index is -0.602. The van der Waals surface area contributed by atoms with Crippen molar-refractivity contribution in [2.24, 2.45) is 0 Å². The Morgan fingerprint density at radius 1 is 1.35 bits per heavy atom. The average molecular weight is 273 g/mol. The molecule has 0 unspecified atom stereocenters. The molecular weight excluding hydrogens is 250 g/mol. The summed E-state index contributed by atoms with van der Waals surface area (Å²) in [5, 5.41) is 0. The van der Waals surface area contributed by atoms with Crippen LogP contribution in [0.15, 0.2) is 42.5 Å². The number of likely N-dealkylation sites (N-methyl/N-ethyl adjacent to an activating group) is 1. The van der Waals surface area contributed by atoms with E-state index in [2.05, 4.69) is 17.1 Å². The lowest BCUT2D eigenvalue weighted by atomic mass is 9.68. The predicted octanol–water partition coefficient (Wildman–Crippen LogP) is 2.77. The molecule has 0 aromatic heterocycles. The molecule has 108 valence electrons. The van der Waals surface area contributed by atoms with E-state index in [0.29, 0.717) is 6.61 Å². The highest BCUT2D eigenvalue weighted by Gasteiger charge is 2.49. The van der Waals surface area contributed by atoms with Crippen LogP contribution in [-0.2, 0) is 14.9 Å². The molecule has 0 spiro atoms. The molecule has 1 aliphatic rings. The van der Waals surface area contributed by atoms with Gasteiger partial charge in [-0.1, -0.05) is 42.5 Å². The average Bonchev–Trinajstić information content (AvgIpc) is 2.48. The maximum Gasteiger partial charge on any atom is 0.318 e. The van der Waals surface area contributed by atoms with Crippen molar-refractivity contribution in [2.45, 2.75) is 31.2 Å². The minimum absolute atomic E-state index is 0.0256. The SMILES string of the molecule is CCOC(=O)[C@@]1(c2ccccc2)CCC=C[C@H]1N(C)C. The van der Waals surface area contributed by atoms with Crippen LogP contribution in [0.5, 0.6) is 0 Å². The fraction of sp³-hybridized carbons (Fsp3) is 0.471. The van der Waals surface area contributed by atoms with Crippen molar-refractivity contribution in [1.29, 1.82) is 0 Å². The predicted molar refractivity (Wildman–Crippen MR) is 80.6 cm³/mol. The molecule has 0 aliphatic heterocycles. The molecule has 0 fully saturated rings. The van der Waals surface area contributed by atoms with Crippen molar-refractivity contribution in [3.8, 4) is 0 Å². The quantitative estimate of drug-likeness (QED) is 0.624. The first-order valence-corrected chi connectivity index (χ1v) is 7.18. The third-order valence-corrected chi connectivity index (χ3v) is 4.01. The molecule has 0 heterocycles. The molecule has 0 saturated heterocycles. The Labute approximate surface area is 121 Å². The van der Waals surface area contributed by atoms with Gasteiger partial charge in [-0.25, -0.2) is 0 Å². The van der Waals surface area contributed by atoms with Gasteiger partial charge in [0.05, 0.1) is 6.61 Å². The highest BCUT2D eigenvalue weighted by atomic mass is 16.5. The van der Waals surface area contributed by atoms with E-state index in [4.69, 9.17) is 4.74 Å². The van der Waals surface area contributed by atoms with Gasteiger partial charge in [-0.15, -0.1) is 0 Å². The first-order chi connectivity index (χ1) is 9.63. The second-order valence-corrected chi connectivity index (χ2v) is 5.43. The van der Waals surface area contributed by atoms with E-state index in [-0.39, 0.29) is 12.0 Å². The number of nitrogens with zero attached hydrogens (tertiary/aromatic N) is 1. The molecule has 3 heteroatoms. The van der Waals surface area contributed by atoms with Crippen LogP contribution >= 0.6 is 0 Å². The summed E-state index contributed by atoms with van der Waals surface area (Å²) in [6, 6.07) is 10.0. The lowest BCUT2D eigenvalue weighted by Crippen LogP contribution is -2.54. The third kappa shape index (κ3) is 2.50. The maximum absolute atomic E-state index is 12.8. The molecule has 3 nitrogen and oxygen atoms in total. The summed E-state index contributed by atoms with van der Waals surface area (Å²) in [6.45, 7) is 2.28. The zero-order valence-electron chi connectivity index (χ0n) is 12.5. The molecular formula is C17H23NO2. The first kappa shape index (κ1) is 14.8. The number of carbonyl (C=O) groups is 1. The van der Waals surface area contributed by atoms with Gasteiger partial charge in [0.1, 0.15) is 5.41 Å². The molecule has 1 aromatic rings. The molecule has 2 rings (SSSR count). The van der Waals surface area contributed by atoms with Crippen molar-refractivity contribution in [3.05, 3.63) is 48.0 Å². The zero-order valence-corrected chi connectivity index (χ0v) is 12.5. The Morgan fingerprint density at radius 2 is 2.05 bits per heavy atom. The molecule has 20 heavy (non-hydrogen) atoms. The van der Waals surface area contributed by atoms with Gasteiger partial charge < -0.3 is 9.64 Å². The van der Waals surface area contributed by atoms with Gasteiger partial charge in [0.15, 0.2) is 0 Å². The summed E-state index contributed by atoms with van der Waals surface area (Å²) in [6.07, 6.45) is 5.98. The van der Waals surface area contributed by atoms with Gasteiger partial charge in [-0.2, -0.15) is 0 Å². The molecule has 1 aliphatic carbocycles. The topological polar surface area (TPSA) is 29.5 Å². The second kappa shape index (κ2) is 6.23. The van der Waals surface area contributed by atoms with Crippen LogP contribution in [0.25, 0.3) is 0 Å². The second-order valence-electron chi connectivity index (χ2n) is 5.43. The molecule has 0 amide bonds. The molecule has 1 aromatic carbocycles. The monoisotopic (exact) mass is 273 g/mol. The van der Waals surface area contributed by atoms with Crippen LogP contribution in [0.2, 0.25) is 0 Å². The van der Waals surface area contributed by atoms with E-state index in [1.165, 1.54) is 0 Å². The summed E-state index contributed by atoms with van der Waals surface area (Å²) >= 11 is 0. The van der Waals surface area contributed by atoms with Gasteiger partial charge in [0.2, 0.25) is 0 Å². The lowest BCUT2D eigenvalue weighted by Gasteiger charge is -2.42. The van der Waals surface area contributed by atoms with Gasteiger partial charge in [-0.05, 0) is 39.4 Å². The number of ether oxygens (including phenoxy) is 1. The van der Waals surface area contributed by atoms with E-state index >= 15 is 0 Å². The minimum Gasteiger partial charge on any atom is -0.465 e. The molecule has 2 atom stereocenters. The van der Waals surface area contributed by atoms with E-state index in [9.17, 15) is 4.79 Å². The van der Waals surface area contributed by atoms with Crippen molar-refractivity contribution in [3.63, 3.8) is 0 Å². The standard InChI is InChI=1S/C17H23NO2/c1-4-20-16(19)17(14-10-6-5-7-11-14)13-9-8-12-15(17)18(2)3/h5-8,10-12,15H,4,9,13H2,1-3H3/t15-,17-/m1/s1.